The summed E-state index contributed by atoms with van der Waals surface area (Å²) in [5.41, 5.74) is 1.21. The van der Waals surface area contributed by atoms with Gasteiger partial charge in [0.1, 0.15) is 0 Å². The molecule has 0 unspecified atom stereocenters. The van der Waals surface area contributed by atoms with E-state index in [2.05, 4.69) is 17.1 Å². The normalized spacial score (nSPS) is 20.8. The standard InChI is InChI=1S/C12H16N2O2/c1-9-8-13-6-7-14(9)11-5-3-2-4-10(11)12(15)16/h2-5,9,13H,6-8H2,1H3,(H,15,16)/t9-/m0/s1. The number of nitrogens with one attached hydrogen (secondary N) is 1. The van der Waals surface area contributed by atoms with Crippen molar-refractivity contribution in [1.82, 2.24) is 5.32 Å². The molecule has 0 bridgehead atoms. The molecule has 0 aliphatic carbocycles. The Labute approximate surface area is 94.9 Å². The maximum absolute atomic E-state index is 11.1. The van der Waals surface area contributed by atoms with Crippen LogP contribution >= 0.6 is 0 Å². The monoisotopic (exact) mass is 220 g/mol. The summed E-state index contributed by atoms with van der Waals surface area (Å²) in [5.74, 6) is -0.860. The number of carboxylic acid groups (broad SMARTS) is 1. The number of para-hydroxylation sites is 1. The summed E-state index contributed by atoms with van der Waals surface area (Å²) in [6, 6.07) is 7.52. The van der Waals surface area contributed by atoms with Crippen molar-refractivity contribution in [2.24, 2.45) is 0 Å². The fourth-order valence-electron chi connectivity index (χ4n) is 2.10. The van der Waals surface area contributed by atoms with Gasteiger partial charge in [-0.3, -0.25) is 0 Å². The van der Waals surface area contributed by atoms with Crippen molar-refractivity contribution in [1.29, 1.82) is 0 Å². The first-order valence-corrected chi connectivity index (χ1v) is 5.50. The maximum atomic E-state index is 11.1. The molecule has 0 aromatic heterocycles. The summed E-state index contributed by atoms with van der Waals surface area (Å²) >= 11 is 0. The zero-order valence-electron chi connectivity index (χ0n) is 9.31. The molecular formula is C12H16N2O2. The van der Waals surface area contributed by atoms with Crippen molar-refractivity contribution in [3.05, 3.63) is 29.8 Å². The van der Waals surface area contributed by atoms with Gasteiger partial charge in [0.05, 0.1) is 11.3 Å². The summed E-state index contributed by atoms with van der Waals surface area (Å²) in [7, 11) is 0. The van der Waals surface area contributed by atoms with Gasteiger partial charge >= 0.3 is 5.97 Å². The van der Waals surface area contributed by atoms with Crippen LogP contribution in [0.3, 0.4) is 0 Å². The molecule has 2 N–H and O–H groups in total. The first-order valence-electron chi connectivity index (χ1n) is 5.50. The summed E-state index contributed by atoms with van der Waals surface area (Å²) in [6.45, 7) is 4.75. The lowest BCUT2D eigenvalue weighted by Gasteiger charge is -2.36. The Morgan fingerprint density at radius 2 is 2.25 bits per heavy atom. The van der Waals surface area contributed by atoms with Crippen molar-refractivity contribution in [2.75, 3.05) is 24.5 Å². The molecule has 1 saturated heterocycles. The predicted octanol–water partition coefficient (Wildman–Crippen LogP) is 1.18. The summed E-state index contributed by atoms with van der Waals surface area (Å²) in [6.07, 6.45) is 0. The van der Waals surface area contributed by atoms with Crippen LogP contribution in [0.25, 0.3) is 0 Å². The van der Waals surface area contributed by atoms with Gasteiger partial charge in [-0.05, 0) is 19.1 Å². The fourth-order valence-corrected chi connectivity index (χ4v) is 2.10. The van der Waals surface area contributed by atoms with Gasteiger partial charge in [0.25, 0.3) is 0 Å². The number of aromatic carboxylic acids is 1. The highest BCUT2D eigenvalue weighted by molar-refractivity contribution is 5.94. The van der Waals surface area contributed by atoms with Gasteiger partial charge in [-0.2, -0.15) is 0 Å². The Balaban J connectivity index is 2.34. The topological polar surface area (TPSA) is 52.6 Å². The molecule has 1 atom stereocenters. The summed E-state index contributed by atoms with van der Waals surface area (Å²) in [5, 5.41) is 12.4. The van der Waals surface area contributed by atoms with Crippen molar-refractivity contribution in [2.45, 2.75) is 13.0 Å². The average molecular weight is 220 g/mol. The highest BCUT2D eigenvalue weighted by Gasteiger charge is 2.22. The van der Waals surface area contributed by atoms with Crippen LogP contribution in [0.5, 0.6) is 0 Å². The first kappa shape index (κ1) is 11.0. The molecule has 1 aliphatic rings. The second kappa shape index (κ2) is 4.53. The molecule has 4 nitrogen and oxygen atoms in total. The summed E-state index contributed by atoms with van der Waals surface area (Å²) in [4.78, 5) is 13.3. The van der Waals surface area contributed by atoms with Gasteiger partial charge in [0.15, 0.2) is 0 Å². The Bertz CT molecular complexity index is 392. The Morgan fingerprint density at radius 1 is 1.50 bits per heavy atom. The van der Waals surface area contributed by atoms with Gasteiger partial charge in [0, 0.05) is 25.7 Å². The smallest absolute Gasteiger partial charge is 0.337 e. The molecule has 0 spiro atoms. The predicted molar refractivity (Wildman–Crippen MR) is 63.1 cm³/mol. The van der Waals surface area contributed by atoms with Crippen molar-refractivity contribution in [3.8, 4) is 0 Å². The van der Waals surface area contributed by atoms with Gasteiger partial charge in [-0.25, -0.2) is 4.79 Å². The van der Waals surface area contributed by atoms with Crippen LogP contribution in [0, 0.1) is 0 Å². The lowest BCUT2D eigenvalue weighted by atomic mass is 10.1. The van der Waals surface area contributed by atoms with Crippen LogP contribution in [-0.2, 0) is 0 Å². The molecule has 1 aromatic carbocycles. The van der Waals surface area contributed by atoms with E-state index in [4.69, 9.17) is 5.11 Å². The molecule has 1 heterocycles. The maximum Gasteiger partial charge on any atom is 0.337 e. The van der Waals surface area contributed by atoms with E-state index in [1.54, 1.807) is 12.1 Å². The van der Waals surface area contributed by atoms with Crippen LogP contribution in [-0.4, -0.2) is 36.8 Å². The third-order valence-electron chi connectivity index (χ3n) is 2.95. The number of nitrogens with zero attached hydrogens (tertiary/aromatic N) is 1. The zero-order valence-corrected chi connectivity index (χ0v) is 9.31. The number of carboxylic acids is 1. The fraction of sp³-hybridized carbons (Fsp3) is 0.417. The molecule has 1 aliphatic heterocycles. The number of hydrogen-bond acceptors (Lipinski definition) is 3. The van der Waals surface area contributed by atoms with E-state index in [0.29, 0.717) is 11.6 Å². The molecule has 0 amide bonds. The quantitative estimate of drug-likeness (QED) is 0.786. The van der Waals surface area contributed by atoms with Gasteiger partial charge in [-0.1, -0.05) is 12.1 Å². The van der Waals surface area contributed by atoms with Crippen LogP contribution < -0.4 is 10.2 Å². The van der Waals surface area contributed by atoms with Gasteiger partial charge < -0.3 is 15.3 Å². The number of anilines is 1. The number of rotatable bonds is 2. The Kier molecular flexibility index (Phi) is 3.10. The van der Waals surface area contributed by atoms with E-state index in [0.717, 1.165) is 25.3 Å². The van der Waals surface area contributed by atoms with Crippen LogP contribution in [0.1, 0.15) is 17.3 Å². The molecule has 1 aromatic rings. The van der Waals surface area contributed by atoms with Gasteiger partial charge in [-0.15, -0.1) is 0 Å². The molecule has 86 valence electrons. The number of benzene rings is 1. The third kappa shape index (κ3) is 2.02. The minimum absolute atomic E-state index is 0.328. The van der Waals surface area contributed by atoms with Crippen LogP contribution in [0.15, 0.2) is 24.3 Å². The lowest BCUT2D eigenvalue weighted by Crippen LogP contribution is -2.50. The second-order valence-electron chi connectivity index (χ2n) is 4.07. The van der Waals surface area contributed by atoms with E-state index in [9.17, 15) is 4.79 Å². The van der Waals surface area contributed by atoms with Crippen molar-refractivity contribution in [3.63, 3.8) is 0 Å². The van der Waals surface area contributed by atoms with E-state index in [-0.39, 0.29) is 0 Å². The van der Waals surface area contributed by atoms with E-state index >= 15 is 0 Å². The average Bonchev–Trinajstić information content (AvgIpc) is 2.29. The van der Waals surface area contributed by atoms with Crippen molar-refractivity contribution < 1.29 is 9.90 Å². The molecular weight excluding hydrogens is 204 g/mol. The highest BCUT2D eigenvalue weighted by atomic mass is 16.4. The SMILES string of the molecule is C[C@H]1CNCCN1c1ccccc1C(=O)O. The van der Waals surface area contributed by atoms with Gasteiger partial charge in [0.2, 0.25) is 0 Å². The molecule has 16 heavy (non-hydrogen) atoms. The molecule has 1 fully saturated rings. The van der Waals surface area contributed by atoms with E-state index in [1.165, 1.54) is 0 Å². The molecule has 2 rings (SSSR count). The number of piperazine rings is 1. The van der Waals surface area contributed by atoms with E-state index in [1.807, 2.05) is 12.1 Å². The van der Waals surface area contributed by atoms with Crippen LogP contribution in [0.2, 0.25) is 0 Å². The minimum Gasteiger partial charge on any atom is -0.478 e. The highest BCUT2D eigenvalue weighted by Crippen LogP contribution is 2.23. The van der Waals surface area contributed by atoms with Crippen molar-refractivity contribution >= 4 is 11.7 Å². The largest absolute Gasteiger partial charge is 0.478 e. The molecule has 0 saturated carbocycles. The lowest BCUT2D eigenvalue weighted by molar-refractivity contribution is 0.0697. The Morgan fingerprint density at radius 3 is 2.94 bits per heavy atom. The third-order valence-corrected chi connectivity index (χ3v) is 2.95. The second-order valence-corrected chi connectivity index (χ2v) is 4.07. The number of hydrogen-bond donors (Lipinski definition) is 2. The molecule has 4 heteroatoms. The Hall–Kier alpha value is -1.55. The van der Waals surface area contributed by atoms with Crippen LogP contribution in [0.4, 0.5) is 5.69 Å². The minimum atomic E-state index is -0.860. The number of carbonyl (C=O) groups is 1. The zero-order chi connectivity index (χ0) is 11.5. The molecule has 0 radical (unpaired) electrons. The van der Waals surface area contributed by atoms with E-state index < -0.39 is 5.97 Å². The first-order chi connectivity index (χ1) is 7.70. The summed E-state index contributed by atoms with van der Waals surface area (Å²) < 4.78 is 0.